The van der Waals surface area contributed by atoms with Crippen molar-refractivity contribution in [3.63, 3.8) is 0 Å². The van der Waals surface area contributed by atoms with E-state index in [4.69, 9.17) is 0 Å². The van der Waals surface area contributed by atoms with Crippen LogP contribution in [0.4, 0.5) is 4.39 Å². The standard InChI is InChI=1S/C18H23FN6O/c1-4-10-20-18(22-13-17(26)24(2)3)21-12-15-9-11-25(23-15)16-7-5-14(19)6-8-16/h4-9,11H,1,10,12-13H2,2-3H3,(H2,20,21,22). The molecule has 0 saturated heterocycles. The summed E-state index contributed by atoms with van der Waals surface area (Å²) < 4.78 is 14.7. The third-order valence-corrected chi connectivity index (χ3v) is 3.45. The van der Waals surface area contributed by atoms with Crippen LogP contribution in [0.5, 0.6) is 0 Å². The third kappa shape index (κ3) is 5.73. The number of benzene rings is 1. The van der Waals surface area contributed by atoms with Gasteiger partial charge in [0, 0.05) is 26.8 Å². The highest BCUT2D eigenvalue weighted by molar-refractivity contribution is 5.86. The lowest BCUT2D eigenvalue weighted by molar-refractivity contribution is -0.127. The van der Waals surface area contributed by atoms with E-state index in [0.29, 0.717) is 19.0 Å². The second kappa shape index (κ2) is 9.36. The topological polar surface area (TPSA) is 74.5 Å². The van der Waals surface area contributed by atoms with Crippen molar-refractivity contribution in [3.05, 3.63) is 60.7 Å². The highest BCUT2D eigenvalue weighted by atomic mass is 19.1. The van der Waals surface area contributed by atoms with Gasteiger partial charge in [-0.1, -0.05) is 6.08 Å². The predicted octanol–water partition coefficient (Wildman–Crippen LogP) is 1.32. The molecule has 8 heteroatoms. The van der Waals surface area contributed by atoms with Crippen LogP contribution < -0.4 is 10.6 Å². The number of hydrogen-bond donors (Lipinski definition) is 2. The lowest BCUT2D eigenvalue weighted by Crippen LogP contribution is -2.43. The van der Waals surface area contributed by atoms with E-state index >= 15 is 0 Å². The molecular weight excluding hydrogens is 335 g/mol. The minimum atomic E-state index is -0.290. The van der Waals surface area contributed by atoms with Gasteiger partial charge >= 0.3 is 0 Å². The average molecular weight is 358 g/mol. The number of guanidine groups is 1. The molecule has 0 aliphatic heterocycles. The van der Waals surface area contributed by atoms with Gasteiger partial charge in [-0.2, -0.15) is 5.10 Å². The first-order chi connectivity index (χ1) is 12.5. The van der Waals surface area contributed by atoms with Crippen molar-refractivity contribution < 1.29 is 9.18 Å². The molecule has 1 aromatic carbocycles. The normalized spacial score (nSPS) is 11.1. The van der Waals surface area contributed by atoms with Crippen molar-refractivity contribution in [1.29, 1.82) is 0 Å². The van der Waals surface area contributed by atoms with Crippen molar-refractivity contribution in [2.24, 2.45) is 4.99 Å². The molecule has 7 nitrogen and oxygen atoms in total. The largest absolute Gasteiger partial charge is 0.353 e. The zero-order chi connectivity index (χ0) is 18.9. The maximum Gasteiger partial charge on any atom is 0.241 e. The molecule has 0 atom stereocenters. The van der Waals surface area contributed by atoms with E-state index in [9.17, 15) is 9.18 Å². The van der Waals surface area contributed by atoms with Gasteiger partial charge in [0.25, 0.3) is 0 Å². The van der Waals surface area contributed by atoms with E-state index in [2.05, 4.69) is 27.3 Å². The third-order valence-electron chi connectivity index (χ3n) is 3.45. The van der Waals surface area contributed by atoms with Gasteiger partial charge in [0.05, 0.1) is 24.5 Å². The molecule has 0 unspecified atom stereocenters. The van der Waals surface area contributed by atoms with Gasteiger partial charge in [-0.05, 0) is 30.3 Å². The molecule has 0 saturated carbocycles. The fourth-order valence-electron chi connectivity index (χ4n) is 2.00. The Morgan fingerprint density at radius 3 is 2.69 bits per heavy atom. The van der Waals surface area contributed by atoms with Crippen LogP contribution in [0, 0.1) is 5.82 Å². The number of nitrogens with one attached hydrogen (secondary N) is 2. The second-order valence-corrected chi connectivity index (χ2v) is 5.70. The van der Waals surface area contributed by atoms with Crippen molar-refractivity contribution in [1.82, 2.24) is 25.3 Å². The Morgan fingerprint density at radius 1 is 1.31 bits per heavy atom. The number of aromatic nitrogens is 2. The Balaban J connectivity index is 2.02. The summed E-state index contributed by atoms with van der Waals surface area (Å²) in [5, 5.41) is 10.4. The van der Waals surface area contributed by atoms with Gasteiger partial charge in [0.2, 0.25) is 5.91 Å². The van der Waals surface area contributed by atoms with Crippen LogP contribution in [0.25, 0.3) is 5.69 Å². The Labute approximate surface area is 152 Å². The number of amides is 1. The summed E-state index contributed by atoms with van der Waals surface area (Å²) in [6.07, 6.45) is 3.49. The highest BCUT2D eigenvalue weighted by Crippen LogP contribution is 2.09. The van der Waals surface area contributed by atoms with Gasteiger partial charge in [-0.3, -0.25) is 4.79 Å². The Kier molecular flexibility index (Phi) is 6.90. The Hall–Kier alpha value is -3.16. The maximum atomic E-state index is 13.0. The van der Waals surface area contributed by atoms with Crippen LogP contribution in [0.1, 0.15) is 5.69 Å². The van der Waals surface area contributed by atoms with Crippen LogP contribution in [-0.4, -0.2) is 53.7 Å². The molecule has 0 spiro atoms. The van der Waals surface area contributed by atoms with E-state index in [1.54, 1.807) is 43.2 Å². The monoisotopic (exact) mass is 358 g/mol. The number of likely N-dealkylation sites (N-methyl/N-ethyl adjacent to an activating group) is 1. The summed E-state index contributed by atoms with van der Waals surface area (Å²) in [6, 6.07) is 7.92. The van der Waals surface area contributed by atoms with E-state index < -0.39 is 0 Å². The molecule has 1 amide bonds. The first kappa shape index (κ1) is 19.2. The molecule has 0 aliphatic rings. The molecule has 2 aromatic rings. The van der Waals surface area contributed by atoms with Crippen LogP contribution in [-0.2, 0) is 11.3 Å². The first-order valence-corrected chi connectivity index (χ1v) is 8.13. The molecule has 2 rings (SSSR count). The molecule has 138 valence electrons. The molecule has 26 heavy (non-hydrogen) atoms. The molecule has 0 bridgehead atoms. The van der Waals surface area contributed by atoms with Crippen LogP contribution >= 0.6 is 0 Å². The smallest absolute Gasteiger partial charge is 0.241 e. The minimum absolute atomic E-state index is 0.0568. The number of aliphatic imine (C=N–C) groups is 1. The summed E-state index contributed by atoms with van der Waals surface area (Å²) in [5.41, 5.74) is 1.51. The molecule has 1 heterocycles. The van der Waals surface area contributed by atoms with Crippen molar-refractivity contribution in [2.45, 2.75) is 6.54 Å². The summed E-state index contributed by atoms with van der Waals surface area (Å²) >= 11 is 0. The maximum absolute atomic E-state index is 13.0. The van der Waals surface area contributed by atoms with E-state index in [0.717, 1.165) is 11.4 Å². The zero-order valence-electron chi connectivity index (χ0n) is 14.9. The molecule has 2 N–H and O–H groups in total. The van der Waals surface area contributed by atoms with Gasteiger partial charge in [0.15, 0.2) is 5.96 Å². The SMILES string of the molecule is C=CCNC(=NCc1ccn(-c2ccc(F)cc2)n1)NCC(=O)N(C)C. The number of carbonyl (C=O) groups excluding carboxylic acids is 1. The van der Waals surface area contributed by atoms with Crippen molar-refractivity contribution in [3.8, 4) is 5.69 Å². The molecular formula is C18H23FN6O. The van der Waals surface area contributed by atoms with Crippen LogP contribution in [0.3, 0.4) is 0 Å². The van der Waals surface area contributed by atoms with Gasteiger partial charge < -0.3 is 15.5 Å². The summed E-state index contributed by atoms with van der Waals surface area (Å²) in [4.78, 5) is 17.6. The highest BCUT2D eigenvalue weighted by Gasteiger charge is 2.06. The van der Waals surface area contributed by atoms with Gasteiger partial charge in [0.1, 0.15) is 5.82 Å². The summed E-state index contributed by atoms with van der Waals surface area (Å²) in [7, 11) is 3.39. The van der Waals surface area contributed by atoms with Gasteiger partial charge in [-0.25, -0.2) is 14.1 Å². The number of halogens is 1. The van der Waals surface area contributed by atoms with E-state index in [1.165, 1.54) is 17.0 Å². The summed E-state index contributed by atoms with van der Waals surface area (Å²) in [5.74, 6) is 0.150. The lowest BCUT2D eigenvalue weighted by Gasteiger charge is -2.14. The van der Waals surface area contributed by atoms with E-state index in [1.807, 2.05) is 6.07 Å². The van der Waals surface area contributed by atoms with Crippen molar-refractivity contribution >= 4 is 11.9 Å². The molecule has 0 aliphatic carbocycles. The number of hydrogen-bond acceptors (Lipinski definition) is 3. The quantitative estimate of drug-likeness (QED) is 0.445. The fourth-order valence-corrected chi connectivity index (χ4v) is 2.00. The number of nitrogens with zero attached hydrogens (tertiary/aromatic N) is 4. The Morgan fingerprint density at radius 2 is 2.04 bits per heavy atom. The van der Waals surface area contributed by atoms with Gasteiger partial charge in [-0.15, -0.1) is 6.58 Å². The van der Waals surface area contributed by atoms with Crippen LogP contribution in [0.15, 0.2) is 54.2 Å². The zero-order valence-corrected chi connectivity index (χ0v) is 14.9. The first-order valence-electron chi connectivity index (χ1n) is 8.13. The average Bonchev–Trinajstić information content (AvgIpc) is 3.10. The second-order valence-electron chi connectivity index (χ2n) is 5.70. The number of rotatable bonds is 7. The Bertz CT molecular complexity index is 766. The summed E-state index contributed by atoms with van der Waals surface area (Å²) in [6.45, 7) is 4.64. The minimum Gasteiger partial charge on any atom is -0.353 e. The van der Waals surface area contributed by atoms with E-state index in [-0.39, 0.29) is 18.3 Å². The number of carbonyl (C=O) groups is 1. The molecule has 0 radical (unpaired) electrons. The fraction of sp³-hybridized carbons (Fsp3) is 0.278. The molecule has 1 aromatic heterocycles. The van der Waals surface area contributed by atoms with Crippen LogP contribution in [0.2, 0.25) is 0 Å². The molecule has 0 fully saturated rings. The predicted molar refractivity (Wildman–Crippen MR) is 99.6 cm³/mol. The van der Waals surface area contributed by atoms with Crippen molar-refractivity contribution in [2.75, 3.05) is 27.2 Å². The lowest BCUT2D eigenvalue weighted by atomic mass is 10.3.